The van der Waals surface area contributed by atoms with Crippen LogP contribution in [0.25, 0.3) is 0 Å². The minimum Gasteiger partial charge on any atom is -0.325 e. The van der Waals surface area contributed by atoms with Crippen LogP contribution in [0.4, 0.5) is 0 Å². The summed E-state index contributed by atoms with van der Waals surface area (Å²) in [5.41, 5.74) is 0. The standard InChI is InChI=1S/C13H25N3O/c1-10(2)15-7-4-5-12(15)16-8-6-14-9-11(3)13(16)17/h10-12,14H,4-9H2,1-3H3. The number of hydrogen-bond donors (Lipinski definition) is 1. The average Bonchev–Trinajstić information content (AvgIpc) is 2.71. The van der Waals surface area contributed by atoms with Gasteiger partial charge in [0.05, 0.1) is 6.17 Å². The average molecular weight is 239 g/mol. The summed E-state index contributed by atoms with van der Waals surface area (Å²) in [5, 5.41) is 3.34. The van der Waals surface area contributed by atoms with E-state index >= 15 is 0 Å². The predicted octanol–water partition coefficient (Wildman–Crippen LogP) is 0.885. The number of nitrogens with zero attached hydrogens (tertiary/aromatic N) is 2. The molecule has 2 aliphatic rings. The molecule has 2 unspecified atom stereocenters. The van der Waals surface area contributed by atoms with Crippen molar-refractivity contribution < 1.29 is 4.79 Å². The van der Waals surface area contributed by atoms with Gasteiger partial charge in [0, 0.05) is 38.1 Å². The summed E-state index contributed by atoms with van der Waals surface area (Å²) in [5.74, 6) is 0.444. The second-order valence-corrected chi connectivity index (χ2v) is 5.59. The number of nitrogens with one attached hydrogen (secondary N) is 1. The van der Waals surface area contributed by atoms with Gasteiger partial charge >= 0.3 is 0 Å². The maximum Gasteiger partial charge on any atom is 0.227 e. The van der Waals surface area contributed by atoms with Gasteiger partial charge in [0.15, 0.2) is 0 Å². The van der Waals surface area contributed by atoms with Gasteiger partial charge in [-0.3, -0.25) is 9.69 Å². The number of amides is 1. The Labute approximate surface area is 104 Å². The van der Waals surface area contributed by atoms with E-state index in [1.807, 2.05) is 6.92 Å². The maximum absolute atomic E-state index is 12.4. The Bertz CT molecular complexity index is 280. The molecule has 0 aliphatic carbocycles. The van der Waals surface area contributed by atoms with Crippen LogP contribution in [0.3, 0.4) is 0 Å². The molecule has 0 radical (unpaired) electrons. The fourth-order valence-electron chi connectivity index (χ4n) is 3.00. The van der Waals surface area contributed by atoms with Gasteiger partial charge in [0.25, 0.3) is 0 Å². The second-order valence-electron chi connectivity index (χ2n) is 5.59. The topological polar surface area (TPSA) is 35.6 Å². The molecule has 1 amide bonds. The van der Waals surface area contributed by atoms with E-state index in [1.165, 1.54) is 6.42 Å². The van der Waals surface area contributed by atoms with Crippen LogP contribution >= 0.6 is 0 Å². The molecule has 17 heavy (non-hydrogen) atoms. The lowest BCUT2D eigenvalue weighted by atomic mass is 10.1. The van der Waals surface area contributed by atoms with E-state index in [2.05, 4.69) is 29.0 Å². The normalized spacial score (nSPS) is 32.2. The van der Waals surface area contributed by atoms with Gasteiger partial charge in [-0.25, -0.2) is 0 Å². The van der Waals surface area contributed by atoms with E-state index in [-0.39, 0.29) is 5.92 Å². The summed E-state index contributed by atoms with van der Waals surface area (Å²) in [6.45, 7) is 10.2. The van der Waals surface area contributed by atoms with Gasteiger partial charge in [0.1, 0.15) is 0 Å². The molecule has 98 valence electrons. The third kappa shape index (κ3) is 2.63. The summed E-state index contributed by atoms with van der Waals surface area (Å²) in [6, 6.07) is 0.529. The SMILES string of the molecule is CC1CNCCN(C2CCCN2C(C)C)C1=O. The van der Waals surface area contributed by atoms with Crippen LogP contribution in [-0.4, -0.2) is 54.1 Å². The first kappa shape index (κ1) is 12.8. The monoisotopic (exact) mass is 239 g/mol. The second kappa shape index (κ2) is 5.36. The molecule has 2 aliphatic heterocycles. The van der Waals surface area contributed by atoms with E-state index < -0.39 is 0 Å². The molecule has 0 saturated carbocycles. The highest BCUT2D eigenvalue weighted by molar-refractivity contribution is 5.79. The van der Waals surface area contributed by atoms with Crippen molar-refractivity contribution in [3.63, 3.8) is 0 Å². The van der Waals surface area contributed by atoms with E-state index in [0.717, 1.165) is 32.6 Å². The molecule has 0 aromatic carbocycles. The third-order valence-corrected chi connectivity index (χ3v) is 3.97. The summed E-state index contributed by atoms with van der Waals surface area (Å²) >= 11 is 0. The predicted molar refractivity (Wildman–Crippen MR) is 68.6 cm³/mol. The van der Waals surface area contributed by atoms with Crippen LogP contribution in [0, 0.1) is 5.92 Å². The minimum atomic E-state index is 0.118. The van der Waals surface area contributed by atoms with Crippen LogP contribution in [0.15, 0.2) is 0 Å². The van der Waals surface area contributed by atoms with Gasteiger partial charge in [0.2, 0.25) is 5.91 Å². The number of carbonyl (C=O) groups is 1. The third-order valence-electron chi connectivity index (χ3n) is 3.97. The lowest BCUT2D eigenvalue weighted by Gasteiger charge is -2.37. The first-order valence-electron chi connectivity index (χ1n) is 6.88. The molecule has 2 fully saturated rings. The highest BCUT2D eigenvalue weighted by atomic mass is 16.2. The van der Waals surface area contributed by atoms with Crippen molar-refractivity contribution in [2.45, 2.75) is 45.8 Å². The zero-order valence-electron chi connectivity index (χ0n) is 11.3. The molecular formula is C13H25N3O. The highest BCUT2D eigenvalue weighted by Crippen LogP contribution is 2.24. The lowest BCUT2D eigenvalue weighted by Crippen LogP contribution is -2.51. The fourth-order valence-corrected chi connectivity index (χ4v) is 3.00. The first-order chi connectivity index (χ1) is 8.11. The Morgan fingerprint density at radius 3 is 2.82 bits per heavy atom. The van der Waals surface area contributed by atoms with Crippen molar-refractivity contribution in [1.29, 1.82) is 0 Å². The zero-order valence-corrected chi connectivity index (χ0v) is 11.3. The molecule has 1 N–H and O–H groups in total. The molecule has 2 saturated heterocycles. The van der Waals surface area contributed by atoms with Crippen LogP contribution in [0.1, 0.15) is 33.6 Å². The van der Waals surface area contributed by atoms with E-state index in [1.54, 1.807) is 0 Å². The van der Waals surface area contributed by atoms with Gasteiger partial charge in [-0.1, -0.05) is 6.92 Å². The fraction of sp³-hybridized carbons (Fsp3) is 0.923. The molecule has 2 heterocycles. The number of rotatable bonds is 2. The first-order valence-corrected chi connectivity index (χ1v) is 6.88. The Morgan fingerprint density at radius 1 is 1.35 bits per heavy atom. The highest BCUT2D eigenvalue weighted by Gasteiger charge is 2.36. The Morgan fingerprint density at radius 2 is 2.12 bits per heavy atom. The Hall–Kier alpha value is -0.610. The van der Waals surface area contributed by atoms with Crippen LogP contribution in [0.2, 0.25) is 0 Å². The van der Waals surface area contributed by atoms with Crippen LogP contribution < -0.4 is 5.32 Å². The molecule has 4 nitrogen and oxygen atoms in total. The van der Waals surface area contributed by atoms with E-state index in [0.29, 0.717) is 18.1 Å². The number of hydrogen-bond acceptors (Lipinski definition) is 3. The smallest absolute Gasteiger partial charge is 0.227 e. The van der Waals surface area contributed by atoms with Gasteiger partial charge < -0.3 is 10.2 Å². The quantitative estimate of drug-likeness (QED) is 0.777. The largest absolute Gasteiger partial charge is 0.325 e. The van der Waals surface area contributed by atoms with Gasteiger partial charge in [-0.2, -0.15) is 0 Å². The van der Waals surface area contributed by atoms with Crippen molar-refractivity contribution in [3.05, 3.63) is 0 Å². The minimum absolute atomic E-state index is 0.118. The van der Waals surface area contributed by atoms with Crippen molar-refractivity contribution in [2.24, 2.45) is 5.92 Å². The maximum atomic E-state index is 12.4. The molecule has 4 heteroatoms. The van der Waals surface area contributed by atoms with Gasteiger partial charge in [-0.15, -0.1) is 0 Å². The summed E-state index contributed by atoms with van der Waals surface area (Å²) in [7, 11) is 0. The lowest BCUT2D eigenvalue weighted by molar-refractivity contribution is -0.139. The Balaban J connectivity index is 2.11. The molecule has 0 spiro atoms. The molecule has 2 rings (SSSR count). The van der Waals surface area contributed by atoms with Crippen molar-refractivity contribution in [1.82, 2.24) is 15.1 Å². The van der Waals surface area contributed by atoms with Crippen molar-refractivity contribution >= 4 is 5.91 Å². The number of carbonyl (C=O) groups excluding carboxylic acids is 1. The van der Waals surface area contributed by atoms with E-state index in [9.17, 15) is 4.79 Å². The van der Waals surface area contributed by atoms with Gasteiger partial charge in [-0.05, 0) is 26.7 Å². The van der Waals surface area contributed by atoms with Crippen molar-refractivity contribution in [2.75, 3.05) is 26.2 Å². The van der Waals surface area contributed by atoms with Crippen molar-refractivity contribution in [3.8, 4) is 0 Å². The summed E-state index contributed by atoms with van der Waals surface area (Å²) < 4.78 is 0. The molecule has 2 atom stereocenters. The summed E-state index contributed by atoms with van der Waals surface area (Å²) in [6.07, 6.45) is 2.69. The van der Waals surface area contributed by atoms with Crippen LogP contribution in [-0.2, 0) is 4.79 Å². The Kier molecular flexibility index (Phi) is 4.05. The summed E-state index contributed by atoms with van der Waals surface area (Å²) in [4.78, 5) is 16.9. The zero-order chi connectivity index (χ0) is 12.4. The molecular weight excluding hydrogens is 214 g/mol. The molecule has 0 aromatic heterocycles. The molecule has 0 aromatic rings. The number of likely N-dealkylation sites (tertiary alicyclic amines) is 1. The van der Waals surface area contributed by atoms with Crippen LogP contribution in [0.5, 0.6) is 0 Å². The van der Waals surface area contributed by atoms with E-state index in [4.69, 9.17) is 0 Å². The molecule has 0 bridgehead atoms.